The van der Waals surface area contributed by atoms with Crippen molar-refractivity contribution in [3.05, 3.63) is 17.7 Å². The number of hydrogen-bond acceptors (Lipinski definition) is 5. The topological polar surface area (TPSA) is 120 Å². The van der Waals surface area contributed by atoms with E-state index >= 15 is 0 Å². The maximum absolute atomic E-state index is 13.4. The fourth-order valence-corrected chi connectivity index (χ4v) is 4.00. The Labute approximate surface area is 183 Å². The zero-order valence-corrected chi connectivity index (χ0v) is 19.2. The second kappa shape index (κ2) is 8.88. The van der Waals surface area contributed by atoms with E-state index in [9.17, 15) is 14.4 Å². The largest absolute Gasteiger partial charge is 0.444 e. The smallest absolute Gasteiger partial charge is 0.408 e. The summed E-state index contributed by atoms with van der Waals surface area (Å²) in [4.78, 5) is 43.9. The van der Waals surface area contributed by atoms with E-state index in [1.54, 1.807) is 20.8 Å². The molecular formula is C22H35N5O4. The number of imidazole rings is 1. The van der Waals surface area contributed by atoms with Gasteiger partial charge in [0.05, 0.1) is 5.69 Å². The number of carbonyl (C=O) groups excluding carboxylic acids is 3. The van der Waals surface area contributed by atoms with Crippen LogP contribution in [0.3, 0.4) is 0 Å². The first-order chi connectivity index (χ1) is 14.5. The fourth-order valence-electron chi connectivity index (χ4n) is 4.00. The van der Waals surface area contributed by atoms with E-state index in [0.29, 0.717) is 25.3 Å². The number of amides is 3. The molecule has 2 atom stereocenters. The number of nitrogens with one attached hydrogen (secondary N) is 1. The highest BCUT2D eigenvalue weighted by Gasteiger charge is 2.38. The molecule has 0 unspecified atom stereocenters. The minimum absolute atomic E-state index is 0.222. The van der Waals surface area contributed by atoms with Crippen LogP contribution in [0.15, 0.2) is 6.20 Å². The predicted octanol–water partition coefficient (Wildman–Crippen LogP) is 2.25. The summed E-state index contributed by atoms with van der Waals surface area (Å²) in [6.45, 7) is 9.92. The highest BCUT2D eigenvalue weighted by molar-refractivity contribution is 5.91. The van der Waals surface area contributed by atoms with Crippen LogP contribution in [0.5, 0.6) is 0 Å². The first-order valence-electron chi connectivity index (χ1n) is 11.1. The molecule has 31 heavy (non-hydrogen) atoms. The summed E-state index contributed by atoms with van der Waals surface area (Å²) in [5, 5.41) is 2.71. The summed E-state index contributed by atoms with van der Waals surface area (Å²) < 4.78 is 7.51. The van der Waals surface area contributed by atoms with Crippen LogP contribution in [0.4, 0.5) is 4.79 Å². The summed E-state index contributed by atoms with van der Waals surface area (Å²) in [6, 6.07) is -1.29. The van der Waals surface area contributed by atoms with Crippen LogP contribution in [0.25, 0.3) is 0 Å². The SMILES string of the molecule is CC(C)n1cc(C[C@H](NC(=O)OC(C)(C)C)C(=O)N2CCC[C@H]2C(N)=O)nc1C1CC1. The van der Waals surface area contributed by atoms with Crippen molar-refractivity contribution in [3.8, 4) is 0 Å². The number of alkyl carbamates (subject to hydrolysis) is 1. The molecule has 3 amide bonds. The maximum Gasteiger partial charge on any atom is 0.408 e. The molecule has 9 heteroatoms. The summed E-state index contributed by atoms with van der Waals surface area (Å²) >= 11 is 0. The third-order valence-corrected chi connectivity index (χ3v) is 5.58. The van der Waals surface area contributed by atoms with E-state index in [2.05, 4.69) is 23.7 Å². The highest BCUT2D eigenvalue weighted by atomic mass is 16.6. The lowest BCUT2D eigenvalue weighted by Crippen LogP contribution is -2.54. The predicted molar refractivity (Wildman–Crippen MR) is 115 cm³/mol. The number of likely N-dealkylation sites (tertiary alicyclic amines) is 1. The van der Waals surface area contributed by atoms with Crippen LogP contribution in [0, 0.1) is 0 Å². The maximum atomic E-state index is 13.4. The van der Waals surface area contributed by atoms with E-state index in [0.717, 1.165) is 24.4 Å². The van der Waals surface area contributed by atoms with Gasteiger partial charge < -0.3 is 25.3 Å². The molecule has 1 aromatic heterocycles. The van der Waals surface area contributed by atoms with Crippen LogP contribution in [0.1, 0.15) is 83.8 Å². The molecule has 1 aliphatic heterocycles. The van der Waals surface area contributed by atoms with E-state index in [1.807, 2.05) is 6.20 Å². The van der Waals surface area contributed by atoms with Crippen molar-refractivity contribution in [2.75, 3.05) is 6.54 Å². The van der Waals surface area contributed by atoms with Crippen molar-refractivity contribution in [2.45, 2.75) is 96.4 Å². The van der Waals surface area contributed by atoms with Crippen molar-refractivity contribution in [1.29, 1.82) is 0 Å². The minimum Gasteiger partial charge on any atom is -0.444 e. The summed E-state index contributed by atoms with van der Waals surface area (Å²) in [7, 11) is 0. The van der Waals surface area contributed by atoms with Crippen molar-refractivity contribution >= 4 is 17.9 Å². The van der Waals surface area contributed by atoms with Gasteiger partial charge >= 0.3 is 6.09 Å². The molecule has 2 aliphatic rings. The van der Waals surface area contributed by atoms with Crippen molar-refractivity contribution in [2.24, 2.45) is 5.73 Å². The Balaban J connectivity index is 1.83. The van der Waals surface area contributed by atoms with Crippen molar-refractivity contribution < 1.29 is 19.1 Å². The Bertz CT molecular complexity index is 818. The highest BCUT2D eigenvalue weighted by Crippen LogP contribution is 2.40. The third-order valence-electron chi connectivity index (χ3n) is 5.58. The van der Waals surface area contributed by atoms with Gasteiger partial charge in [-0.1, -0.05) is 0 Å². The van der Waals surface area contributed by atoms with E-state index < -0.39 is 29.7 Å². The van der Waals surface area contributed by atoms with E-state index in [-0.39, 0.29) is 18.4 Å². The van der Waals surface area contributed by atoms with Gasteiger partial charge in [-0.3, -0.25) is 9.59 Å². The third kappa shape index (κ3) is 5.77. The number of ether oxygens (including phenoxy) is 1. The first kappa shape index (κ1) is 23.1. The molecule has 3 rings (SSSR count). The molecule has 1 saturated carbocycles. The molecule has 0 spiro atoms. The van der Waals surface area contributed by atoms with E-state index in [1.165, 1.54) is 4.90 Å². The molecule has 2 heterocycles. The van der Waals surface area contributed by atoms with Gasteiger partial charge in [-0.15, -0.1) is 0 Å². The van der Waals surface area contributed by atoms with Crippen LogP contribution < -0.4 is 11.1 Å². The van der Waals surface area contributed by atoms with Gasteiger partial charge in [-0.2, -0.15) is 0 Å². The van der Waals surface area contributed by atoms with Gasteiger partial charge in [0.1, 0.15) is 23.5 Å². The fraction of sp³-hybridized carbons (Fsp3) is 0.727. The second-order valence-electron chi connectivity index (χ2n) is 9.86. The zero-order valence-electron chi connectivity index (χ0n) is 19.2. The normalized spacial score (nSPS) is 20.1. The molecule has 0 bridgehead atoms. The first-order valence-corrected chi connectivity index (χ1v) is 11.1. The monoisotopic (exact) mass is 433 g/mol. The second-order valence-corrected chi connectivity index (χ2v) is 9.86. The number of hydrogen-bond donors (Lipinski definition) is 2. The molecule has 2 fully saturated rings. The van der Waals surface area contributed by atoms with Gasteiger partial charge in [-0.05, 0) is 60.3 Å². The summed E-state index contributed by atoms with van der Waals surface area (Å²) in [6.07, 6.45) is 4.99. The van der Waals surface area contributed by atoms with Crippen LogP contribution in [-0.2, 0) is 20.7 Å². The standard InChI is InChI=1S/C22H35N5O4/c1-13(2)27-12-15(24-19(27)14-8-9-14)11-16(25-21(30)31-22(3,4)5)20(29)26-10-6-7-17(26)18(23)28/h12-14,16-17H,6-11H2,1-5H3,(H2,23,28)(H,25,30)/t16-,17-/m0/s1. The number of carbonyl (C=O) groups is 3. The summed E-state index contributed by atoms with van der Waals surface area (Å²) in [5.74, 6) is 0.632. The molecule has 9 nitrogen and oxygen atoms in total. The van der Waals surface area contributed by atoms with Crippen LogP contribution >= 0.6 is 0 Å². The van der Waals surface area contributed by atoms with Gasteiger partial charge in [-0.25, -0.2) is 9.78 Å². The minimum atomic E-state index is -0.891. The average molecular weight is 434 g/mol. The quantitative estimate of drug-likeness (QED) is 0.683. The molecule has 1 saturated heterocycles. The lowest BCUT2D eigenvalue weighted by Gasteiger charge is -2.28. The van der Waals surface area contributed by atoms with E-state index in [4.69, 9.17) is 15.5 Å². The summed E-state index contributed by atoms with van der Waals surface area (Å²) in [5.41, 5.74) is 5.54. The molecule has 0 radical (unpaired) electrons. The molecule has 0 aromatic carbocycles. The number of nitrogens with zero attached hydrogens (tertiary/aromatic N) is 3. The van der Waals surface area contributed by atoms with Crippen LogP contribution in [-0.4, -0.2) is 56.6 Å². The zero-order chi connectivity index (χ0) is 22.9. The Hall–Kier alpha value is -2.58. The number of primary amides is 1. The van der Waals surface area contributed by atoms with Crippen molar-refractivity contribution in [3.63, 3.8) is 0 Å². The molecule has 3 N–H and O–H groups in total. The Morgan fingerprint density at radius 1 is 1.26 bits per heavy atom. The Morgan fingerprint density at radius 2 is 1.94 bits per heavy atom. The lowest BCUT2D eigenvalue weighted by atomic mass is 10.1. The van der Waals surface area contributed by atoms with Gasteiger partial charge in [0.15, 0.2) is 0 Å². The van der Waals surface area contributed by atoms with Gasteiger partial charge in [0.25, 0.3) is 0 Å². The van der Waals surface area contributed by atoms with Gasteiger partial charge in [0.2, 0.25) is 11.8 Å². The average Bonchev–Trinajstić information content (AvgIpc) is 3.20. The molecule has 1 aromatic rings. The molecule has 1 aliphatic carbocycles. The Kier molecular flexibility index (Phi) is 6.62. The molecular weight excluding hydrogens is 398 g/mol. The van der Waals surface area contributed by atoms with Crippen molar-refractivity contribution in [1.82, 2.24) is 19.8 Å². The Morgan fingerprint density at radius 3 is 2.48 bits per heavy atom. The number of rotatable bonds is 7. The van der Waals surface area contributed by atoms with Gasteiger partial charge in [0, 0.05) is 31.1 Å². The number of nitrogens with two attached hydrogens (primary N) is 1. The lowest BCUT2D eigenvalue weighted by molar-refractivity contribution is -0.139. The molecule has 172 valence electrons. The number of aromatic nitrogens is 2. The van der Waals surface area contributed by atoms with Crippen LogP contribution in [0.2, 0.25) is 0 Å².